The van der Waals surface area contributed by atoms with Crippen molar-refractivity contribution in [2.75, 3.05) is 19.5 Å². The van der Waals surface area contributed by atoms with Gasteiger partial charge < -0.3 is 9.47 Å². The zero-order valence-electron chi connectivity index (χ0n) is 14.3. The Morgan fingerprint density at radius 2 is 1.81 bits per heavy atom. The number of rotatable bonds is 7. The summed E-state index contributed by atoms with van der Waals surface area (Å²) >= 11 is 2.68. The summed E-state index contributed by atoms with van der Waals surface area (Å²) in [7, 11) is 3.08. The van der Waals surface area contributed by atoms with Crippen molar-refractivity contribution in [1.29, 1.82) is 0 Å². The highest BCUT2D eigenvalue weighted by molar-refractivity contribution is 7.98. The summed E-state index contributed by atoms with van der Waals surface area (Å²) in [4.78, 5) is 16.8. The van der Waals surface area contributed by atoms with E-state index in [4.69, 9.17) is 9.47 Å². The van der Waals surface area contributed by atoms with Crippen LogP contribution in [0.25, 0.3) is 0 Å². The number of ether oxygens (including phenoxy) is 2. The third-order valence-corrected chi connectivity index (χ3v) is 5.12. The number of nitrogens with one attached hydrogen (secondary N) is 1. The molecule has 0 aliphatic carbocycles. The summed E-state index contributed by atoms with van der Waals surface area (Å²) in [5.41, 5.74) is 1.62. The van der Waals surface area contributed by atoms with Gasteiger partial charge in [0.05, 0.1) is 14.2 Å². The van der Waals surface area contributed by atoms with Gasteiger partial charge in [-0.05, 0) is 17.7 Å². The highest BCUT2D eigenvalue weighted by Gasteiger charge is 2.13. The second kappa shape index (κ2) is 8.68. The van der Waals surface area contributed by atoms with Gasteiger partial charge >= 0.3 is 0 Å². The van der Waals surface area contributed by atoms with Gasteiger partial charge in [-0.3, -0.25) is 10.1 Å². The second-order valence-electron chi connectivity index (χ2n) is 5.21. The van der Waals surface area contributed by atoms with Gasteiger partial charge in [0.25, 0.3) is 5.91 Å². The number of aromatic nitrogens is 2. The minimum Gasteiger partial charge on any atom is -0.497 e. The maximum absolute atomic E-state index is 12.4. The SMILES string of the molecule is COc1cc(OC)cc(C(=O)Nc2nc(SCc3ccccc3)ns2)c1. The number of methoxy groups -OCH3 is 2. The van der Waals surface area contributed by atoms with E-state index in [1.54, 1.807) is 18.2 Å². The number of nitrogens with zero attached hydrogens (tertiary/aromatic N) is 2. The van der Waals surface area contributed by atoms with E-state index in [1.165, 1.54) is 31.5 Å². The molecule has 0 spiro atoms. The lowest BCUT2D eigenvalue weighted by atomic mass is 10.2. The Morgan fingerprint density at radius 1 is 1.12 bits per heavy atom. The number of hydrogen-bond donors (Lipinski definition) is 1. The van der Waals surface area contributed by atoms with Crippen LogP contribution in [0.5, 0.6) is 11.5 Å². The summed E-state index contributed by atoms with van der Waals surface area (Å²) in [6.45, 7) is 0. The minimum absolute atomic E-state index is 0.294. The Bertz CT molecular complexity index is 862. The third-order valence-electron chi connectivity index (χ3n) is 3.45. The van der Waals surface area contributed by atoms with Gasteiger partial charge in [-0.25, -0.2) is 0 Å². The Balaban J connectivity index is 1.64. The molecule has 0 aliphatic rings. The van der Waals surface area contributed by atoms with Crippen LogP contribution >= 0.6 is 23.3 Å². The zero-order valence-corrected chi connectivity index (χ0v) is 15.9. The Kier molecular flexibility index (Phi) is 6.08. The number of thioether (sulfide) groups is 1. The molecule has 1 N–H and O–H groups in total. The van der Waals surface area contributed by atoms with Crippen LogP contribution in [0.1, 0.15) is 15.9 Å². The van der Waals surface area contributed by atoms with Crippen LogP contribution in [0.4, 0.5) is 5.13 Å². The molecule has 0 bridgehead atoms. The van der Waals surface area contributed by atoms with Crippen molar-refractivity contribution < 1.29 is 14.3 Å². The molecule has 0 aliphatic heterocycles. The molecule has 1 aromatic heterocycles. The summed E-state index contributed by atoms with van der Waals surface area (Å²) in [5.74, 6) is 1.58. The number of carbonyl (C=O) groups excluding carboxylic acids is 1. The van der Waals surface area contributed by atoms with Gasteiger partial charge in [0.2, 0.25) is 10.3 Å². The molecule has 0 atom stereocenters. The van der Waals surface area contributed by atoms with Gasteiger partial charge in [0.15, 0.2) is 0 Å². The van der Waals surface area contributed by atoms with E-state index >= 15 is 0 Å². The van der Waals surface area contributed by atoms with Crippen molar-refractivity contribution in [3.05, 3.63) is 59.7 Å². The lowest BCUT2D eigenvalue weighted by Crippen LogP contribution is -2.12. The number of carbonyl (C=O) groups is 1. The van der Waals surface area contributed by atoms with Gasteiger partial charge in [-0.15, -0.1) is 0 Å². The van der Waals surface area contributed by atoms with Gasteiger partial charge in [-0.1, -0.05) is 42.1 Å². The van der Waals surface area contributed by atoms with Crippen molar-refractivity contribution in [1.82, 2.24) is 9.36 Å². The predicted octanol–water partition coefficient (Wildman–Crippen LogP) is 4.10. The fourth-order valence-corrected chi connectivity index (χ4v) is 3.64. The minimum atomic E-state index is -0.294. The maximum atomic E-state index is 12.4. The van der Waals surface area contributed by atoms with Gasteiger partial charge in [-0.2, -0.15) is 9.36 Å². The molecule has 0 unspecified atom stereocenters. The average Bonchev–Trinajstić information content (AvgIpc) is 3.14. The lowest BCUT2D eigenvalue weighted by molar-refractivity contribution is 0.102. The van der Waals surface area contributed by atoms with Crippen molar-refractivity contribution >= 4 is 34.3 Å². The first kappa shape index (κ1) is 18.2. The average molecular weight is 387 g/mol. The summed E-state index contributed by atoms with van der Waals surface area (Å²) in [5, 5.41) is 3.85. The normalized spacial score (nSPS) is 10.4. The van der Waals surface area contributed by atoms with Crippen LogP contribution in [-0.4, -0.2) is 29.5 Å². The number of anilines is 1. The van der Waals surface area contributed by atoms with E-state index in [1.807, 2.05) is 18.2 Å². The third kappa shape index (κ3) is 4.74. The van der Waals surface area contributed by atoms with E-state index in [0.29, 0.717) is 27.4 Å². The van der Waals surface area contributed by atoms with Crippen molar-refractivity contribution in [3.63, 3.8) is 0 Å². The molecule has 134 valence electrons. The Labute approximate surface area is 159 Å². The first-order valence-electron chi connectivity index (χ1n) is 7.73. The van der Waals surface area contributed by atoms with Crippen LogP contribution in [0, 0.1) is 0 Å². The van der Waals surface area contributed by atoms with Crippen LogP contribution in [-0.2, 0) is 5.75 Å². The first-order chi connectivity index (χ1) is 12.7. The summed E-state index contributed by atoms with van der Waals surface area (Å²) < 4.78 is 14.6. The van der Waals surface area contributed by atoms with Crippen molar-refractivity contribution in [3.8, 4) is 11.5 Å². The largest absolute Gasteiger partial charge is 0.497 e. The topological polar surface area (TPSA) is 73.3 Å². The second-order valence-corrected chi connectivity index (χ2v) is 6.91. The molecule has 0 saturated carbocycles. The molecule has 3 aromatic rings. The fraction of sp³-hybridized carbons (Fsp3) is 0.167. The van der Waals surface area contributed by atoms with Gasteiger partial charge in [0, 0.05) is 28.9 Å². The maximum Gasteiger partial charge on any atom is 0.257 e. The standard InChI is InChI=1S/C18H17N3O3S2/c1-23-14-8-13(9-15(10-14)24-2)16(22)19-17-20-18(21-26-17)25-11-12-6-4-3-5-7-12/h3-10H,11H2,1-2H3,(H,19,20,21,22). The molecular weight excluding hydrogens is 370 g/mol. The monoisotopic (exact) mass is 387 g/mol. The molecule has 6 nitrogen and oxygen atoms in total. The molecule has 8 heteroatoms. The van der Waals surface area contributed by atoms with Crippen LogP contribution in [0.3, 0.4) is 0 Å². The molecule has 0 radical (unpaired) electrons. The molecule has 26 heavy (non-hydrogen) atoms. The number of amides is 1. The Hall–Kier alpha value is -2.58. The Morgan fingerprint density at radius 3 is 2.46 bits per heavy atom. The fourth-order valence-electron chi connectivity index (χ4n) is 2.15. The summed E-state index contributed by atoms with van der Waals surface area (Å²) in [6.07, 6.45) is 0. The molecule has 0 saturated heterocycles. The van der Waals surface area contributed by atoms with Crippen LogP contribution in [0.15, 0.2) is 53.7 Å². The van der Waals surface area contributed by atoms with E-state index in [-0.39, 0.29) is 5.91 Å². The van der Waals surface area contributed by atoms with Crippen molar-refractivity contribution in [2.24, 2.45) is 0 Å². The molecule has 1 amide bonds. The molecule has 2 aromatic carbocycles. The highest BCUT2D eigenvalue weighted by Crippen LogP contribution is 2.26. The molecule has 1 heterocycles. The molecular formula is C18H17N3O3S2. The van der Waals surface area contributed by atoms with Gasteiger partial charge in [0.1, 0.15) is 11.5 Å². The molecule has 0 fully saturated rings. The lowest BCUT2D eigenvalue weighted by Gasteiger charge is -2.07. The number of benzene rings is 2. The summed E-state index contributed by atoms with van der Waals surface area (Å²) in [6, 6.07) is 15.1. The highest BCUT2D eigenvalue weighted by atomic mass is 32.2. The van der Waals surface area contributed by atoms with Crippen molar-refractivity contribution in [2.45, 2.75) is 10.9 Å². The first-order valence-corrected chi connectivity index (χ1v) is 9.48. The molecule has 3 rings (SSSR count). The van der Waals surface area contributed by atoms with Crippen LogP contribution < -0.4 is 14.8 Å². The van der Waals surface area contributed by atoms with Crippen LogP contribution in [0.2, 0.25) is 0 Å². The van der Waals surface area contributed by atoms with E-state index in [9.17, 15) is 4.79 Å². The quantitative estimate of drug-likeness (QED) is 0.615. The zero-order chi connectivity index (χ0) is 18.4. The van der Waals surface area contributed by atoms with E-state index in [2.05, 4.69) is 26.8 Å². The van der Waals surface area contributed by atoms with E-state index < -0.39 is 0 Å². The van der Waals surface area contributed by atoms with E-state index in [0.717, 1.165) is 17.3 Å². The smallest absolute Gasteiger partial charge is 0.257 e. The number of hydrogen-bond acceptors (Lipinski definition) is 7. The predicted molar refractivity (Wildman–Crippen MR) is 103 cm³/mol.